The van der Waals surface area contributed by atoms with E-state index >= 15 is 0 Å². The highest BCUT2D eigenvalue weighted by molar-refractivity contribution is 6.34. The maximum absolute atomic E-state index is 11.0. The van der Waals surface area contributed by atoms with E-state index in [9.17, 15) is 9.59 Å². The number of ketones is 1. The van der Waals surface area contributed by atoms with E-state index in [0.29, 0.717) is 11.3 Å². The lowest BCUT2D eigenvalue weighted by Gasteiger charge is -2.05. The fourth-order valence-corrected chi connectivity index (χ4v) is 1.32. The van der Waals surface area contributed by atoms with Gasteiger partial charge in [-0.1, -0.05) is 11.6 Å². The molecule has 0 aliphatic rings. The SMILES string of the molecule is CC(=O)c1ccc(OCC(=O)O)cc1Cl. The fraction of sp³-hybridized carbons (Fsp3) is 0.200. The van der Waals surface area contributed by atoms with Crippen LogP contribution in [-0.2, 0) is 4.79 Å². The molecule has 0 fully saturated rings. The number of ether oxygens (including phenoxy) is 1. The van der Waals surface area contributed by atoms with Crippen molar-refractivity contribution in [1.82, 2.24) is 0 Å². The molecule has 5 heteroatoms. The van der Waals surface area contributed by atoms with Crippen LogP contribution in [0.1, 0.15) is 17.3 Å². The van der Waals surface area contributed by atoms with Gasteiger partial charge in [-0.05, 0) is 25.1 Å². The molecule has 0 bridgehead atoms. The Morgan fingerprint density at radius 1 is 1.47 bits per heavy atom. The van der Waals surface area contributed by atoms with Crippen molar-refractivity contribution in [2.45, 2.75) is 6.92 Å². The highest BCUT2D eigenvalue weighted by Gasteiger charge is 2.07. The Labute approximate surface area is 91.4 Å². The zero-order valence-corrected chi connectivity index (χ0v) is 8.75. The summed E-state index contributed by atoms with van der Waals surface area (Å²) in [5.41, 5.74) is 0.388. The van der Waals surface area contributed by atoms with E-state index in [1.165, 1.54) is 25.1 Å². The summed E-state index contributed by atoms with van der Waals surface area (Å²) in [5, 5.41) is 8.63. The first-order chi connectivity index (χ1) is 7.00. The van der Waals surface area contributed by atoms with Gasteiger partial charge in [-0.3, -0.25) is 4.79 Å². The third-order valence-corrected chi connectivity index (χ3v) is 1.99. The smallest absolute Gasteiger partial charge is 0.341 e. The topological polar surface area (TPSA) is 63.6 Å². The Balaban J connectivity index is 2.82. The van der Waals surface area contributed by atoms with E-state index < -0.39 is 12.6 Å². The molecule has 0 aliphatic heterocycles. The molecule has 0 unspecified atom stereocenters. The summed E-state index contributed by atoms with van der Waals surface area (Å²) < 4.78 is 4.89. The minimum absolute atomic E-state index is 0.148. The van der Waals surface area contributed by atoms with E-state index in [0.717, 1.165) is 0 Å². The summed E-state index contributed by atoms with van der Waals surface area (Å²) >= 11 is 5.79. The van der Waals surface area contributed by atoms with Crippen LogP contribution in [0, 0.1) is 0 Å². The van der Waals surface area contributed by atoms with Gasteiger partial charge in [0, 0.05) is 5.56 Å². The van der Waals surface area contributed by atoms with Gasteiger partial charge in [0.05, 0.1) is 5.02 Å². The summed E-state index contributed by atoms with van der Waals surface area (Å²) in [6, 6.07) is 4.43. The van der Waals surface area contributed by atoms with Crippen LogP contribution in [0.25, 0.3) is 0 Å². The molecule has 4 nitrogen and oxygen atoms in total. The van der Waals surface area contributed by atoms with E-state index in [1.807, 2.05) is 0 Å². The van der Waals surface area contributed by atoms with Gasteiger partial charge in [0.15, 0.2) is 12.4 Å². The summed E-state index contributed by atoms with van der Waals surface area (Å²) in [7, 11) is 0. The minimum Gasteiger partial charge on any atom is -0.482 e. The number of rotatable bonds is 4. The average molecular weight is 229 g/mol. The minimum atomic E-state index is -1.07. The van der Waals surface area contributed by atoms with E-state index in [2.05, 4.69) is 0 Å². The predicted octanol–water partition coefficient (Wildman–Crippen LogP) is 2.01. The molecule has 0 aromatic heterocycles. The number of halogens is 1. The van der Waals surface area contributed by atoms with Crippen LogP contribution in [0.2, 0.25) is 5.02 Å². The number of carboxylic acids is 1. The molecule has 0 saturated carbocycles. The van der Waals surface area contributed by atoms with Crippen molar-refractivity contribution in [2.75, 3.05) is 6.61 Å². The number of carboxylic acid groups (broad SMARTS) is 1. The normalized spacial score (nSPS) is 9.73. The van der Waals surface area contributed by atoms with E-state index in [1.54, 1.807) is 0 Å². The van der Waals surface area contributed by atoms with Crippen molar-refractivity contribution in [3.8, 4) is 5.75 Å². The van der Waals surface area contributed by atoms with Crippen LogP contribution in [0.5, 0.6) is 5.75 Å². The second-order valence-corrected chi connectivity index (χ2v) is 3.29. The molecule has 1 N–H and O–H groups in total. The highest BCUT2D eigenvalue weighted by atomic mass is 35.5. The quantitative estimate of drug-likeness (QED) is 0.801. The van der Waals surface area contributed by atoms with Crippen molar-refractivity contribution in [3.63, 3.8) is 0 Å². The lowest BCUT2D eigenvalue weighted by molar-refractivity contribution is -0.139. The highest BCUT2D eigenvalue weighted by Crippen LogP contribution is 2.22. The molecule has 0 heterocycles. The lowest BCUT2D eigenvalue weighted by Crippen LogP contribution is -2.09. The van der Waals surface area contributed by atoms with Crippen LogP contribution in [0.4, 0.5) is 0 Å². The first-order valence-corrected chi connectivity index (χ1v) is 4.53. The molecular weight excluding hydrogens is 220 g/mol. The van der Waals surface area contributed by atoms with Gasteiger partial charge in [0.2, 0.25) is 0 Å². The lowest BCUT2D eigenvalue weighted by atomic mass is 10.1. The monoisotopic (exact) mass is 228 g/mol. The molecule has 0 atom stereocenters. The number of carbonyl (C=O) groups is 2. The van der Waals surface area contributed by atoms with Crippen LogP contribution < -0.4 is 4.74 Å². The first-order valence-electron chi connectivity index (χ1n) is 4.16. The Morgan fingerprint density at radius 2 is 2.13 bits per heavy atom. The van der Waals surface area contributed by atoms with E-state index in [4.69, 9.17) is 21.4 Å². The molecule has 0 amide bonds. The molecule has 0 radical (unpaired) electrons. The van der Waals surface area contributed by atoms with Crippen molar-refractivity contribution < 1.29 is 19.4 Å². The molecule has 0 spiro atoms. The van der Waals surface area contributed by atoms with Crippen LogP contribution in [0.3, 0.4) is 0 Å². The van der Waals surface area contributed by atoms with Gasteiger partial charge < -0.3 is 9.84 Å². The van der Waals surface area contributed by atoms with Crippen LogP contribution in [0.15, 0.2) is 18.2 Å². The molecule has 1 aromatic rings. The zero-order chi connectivity index (χ0) is 11.4. The number of Topliss-reactive ketones (excluding diaryl/α,β-unsaturated/α-hetero) is 1. The Hall–Kier alpha value is -1.55. The van der Waals surface area contributed by atoms with Gasteiger partial charge in [-0.15, -0.1) is 0 Å². The number of aliphatic carboxylic acids is 1. The summed E-state index contributed by atoms with van der Waals surface area (Å²) in [4.78, 5) is 21.2. The third kappa shape index (κ3) is 3.25. The molecule has 1 rings (SSSR count). The van der Waals surface area contributed by atoms with Crippen molar-refractivity contribution in [1.29, 1.82) is 0 Å². The van der Waals surface area contributed by atoms with Crippen molar-refractivity contribution in [2.24, 2.45) is 0 Å². The molecule has 80 valence electrons. The van der Waals surface area contributed by atoms with Gasteiger partial charge in [-0.2, -0.15) is 0 Å². The Bertz CT molecular complexity index is 400. The van der Waals surface area contributed by atoms with Crippen molar-refractivity contribution in [3.05, 3.63) is 28.8 Å². The molecule has 1 aromatic carbocycles. The predicted molar refractivity (Wildman–Crippen MR) is 54.6 cm³/mol. The Morgan fingerprint density at radius 3 is 2.60 bits per heavy atom. The maximum Gasteiger partial charge on any atom is 0.341 e. The molecule has 15 heavy (non-hydrogen) atoms. The second-order valence-electron chi connectivity index (χ2n) is 2.88. The van der Waals surface area contributed by atoms with Gasteiger partial charge in [0.25, 0.3) is 0 Å². The molecule has 0 aliphatic carbocycles. The van der Waals surface area contributed by atoms with Gasteiger partial charge in [-0.25, -0.2) is 4.79 Å². The van der Waals surface area contributed by atoms with Gasteiger partial charge >= 0.3 is 5.97 Å². The number of hydrogen-bond donors (Lipinski definition) is 1. The number of hydrogen-bond acceptors (Lipinski definition) is 3. The fourth-order valence-electron chi connectivity index (χ4n) is 1.02. The molecule has 0 saturated heterocycles. The third-order valence-electron chi connectivity index (χ3n) is 1.68. The number of carbonyl (C=O) groups excluding carboxylic acids is 1. The zero-order valence-electron chi connectivity index (χ0n) is 7.99. The standard InChI is InChI=1S/C10H9ClO4/c1-6(12)8-3-2-7(4-9(8)11)15-5-10(13)14/h2-4H,5H2,1H3,(H,13,14). The van der Waals surface area contributed by atoms with Crippen LogP contribution >= 0.6 is 11.6 Å². The molecular formula is C10H9ClO4. The Kier molecular flexibility index (Phi) is 3.68. The van der Waals surface area contributed by atoms with Crippen LogP contribution in [-0.4, -0.2) is 23.5 Å². The van der Waals surface area contributed by atoms with Crippen molar-refractivity contribution >= 4 is 23.4 Å². The van der Waals surface area contributed by atoms with Gasteiger partial charge in [0.1, 0.15) is 5.75 Å². The van der Waals surface area contributed by atoms with E-state index in [-0.39, 0.29) is 10.8 Å². The second kappa shape index (κ2) is 4.79. The summed E-state index contributed by atoms with van der Waals surface area (Å²) in [5.74, 6) is -0.890. The average Bonchev–Trinajstić information content (AvgIpc) is 2.14. The number of benzene rings is 1. The maximum atomic E-state index is 11.0. The largest absolute Gasteiger partial charge is 0.482 e. The summed E-state index contributed by atoms with van der Waals surface area (Å²) in [6.07, 6.45) is 0. The first kappa shape index (κ1) is 11.5. The summed E-state index contributed by atoms with van der Waals surface area (Å²) in [6.45, 7) is 0.967.